The number of nitro benzene ring substituents is 1. The van der Waals surface area contributed by atoms with Crippen molar-refractivity contribution in [3.8, 4) is 17.2 Å². The normalized spacial score (nSPS) is 10.0. The molecule has 0 N–H and O–H groups in total. The molecule has 0 bridgehead atoms. The van der Waals surface area contributed by atoms with Crippen LogP contribution < -0.4 is 9.47 Å². The number of carbonyl (C=O) groups is 1. The highest BCUT2D eigenvalue weighted by Gasteiger charge is 2.18. The van der Waals surface area contributed by atoms with Crippen LogP contribution in [0.2, 0.25) is 0 Å². The molecule has 0 amide bonds. The van der Waals surface area contributed by atoms with E-state index in [2.05, 4.69) is 0 Å². The van der Waals surface area contributed by atoms with Gasteiger partial charge in [-0.2, -0.15) is 0 Å². The van der Waals surface area contributed by atoms with Gasteiger partial charge >= 0.3 is 5.69 Å². The lowest BCUT2D eigenvalue weighted by molar-refractivity contribution is -0.385. The minimum atomic E-state index is -0.550. The van der Waals surface area contributed by atoms with Gasteiger partial charge in [-0.3, -0.25) is 14.9 Å². The van der Waals surface area contributed by atoms with Crippen molar-refractivity contribution in [2.45, 2.75) is 6.92 Å². The third-order valence-electron chi connectivity index (χ3n) is 2.85. The second-order valence-electron chi connectivity index (χ2n) is 4.25. The van der Waals surface area contributed by atoms with E-state index in [4.69, 9.17) is 9.47 Å². The number of methoxy groups -OCH3 is 1. The smallest absolute Gasteiger partial charge is 0.311 e. The fourth-order valence-corrected chi connectivity index (χ4v) is 1.82. The van der Waals surface area contributed by atoms with Gasteiger partial charge < -0.3 is 9.47 Å². The lowest BCUT2D eigenvalue weighted by Crippen LogP contribution is -1.99. The molecule has 0 fully saturated rings. The molecule has 0 heterocycles. The maximum atomic E-state index is 11.6. The monoisotopic (exact) mass is 287 g/mol. The first-order valence-electron chi connectivity index (χ1n) is 6.13. The number of hydrogen-bond donors (Lipinski definition) is 0. The number of rotatable bonds is 5. The Morgan fingerprint density at radius 1 is 1.14 bits per heavy atom. The third kappa shape index (κ3) is 3.17. The molecule has 0 radical (unpaired) electrons. The summed E-state index contributed by atoms with van der Waals surface area (Å²) in [5.41, 5.74) is 0.156. The van der Waals surface area contributed by atoms with E-state index in [-0.39, 0.29) is 23.0 Å². The Balaban J connectivity index is 2.48. The van der Waals surface area contributed by atoms with Crippen molar-refractivity contribution in [2.75, 3.05) is 7.11 Å². The number of Topliss-reactive ketones (excluding diaryl/α,β-unsaturated/α-hetero) is 1. The molecule has 21 heavy (non-hydrogen) atoms. The van der Waals surface area contributed by atoms with Crippen molar-refractivity contribution in [2.24, 2.45) is 0 Å². The summed E-state index contributed by atoms with van der Waals surface area (Å²) in [5.74, 6) is 0.529. The molecule has 0 saturated heterocycles. The maximum Gasteiger partial charge on any atom is 0.311 e. The summed E-state index contributed by atoms with van der Waals surface area (Å²) < 4.78 is 10.6. The van der Waals surface area contributed by atoms with Crippen LogP contribution in [0.4, 0.5) is 5.69 Å². The molecule has 0 unspecified atom stereocenters. The molecule has 0 aliphatic heterocycles. The predicted molar refractivity (Wildman–Crippen MR) is 76.2 cm³/mol. The second-order valence-corrected chi connectivity index (χ2v) is 4.25. The molecule has 2 aromatic rings. The minimum absolute atomic E-state index is 0.0213. The van der Waals surface area contributed by atoms with E-state index < -0.39 is 4.92 Å². The zero-order valence-corrected chi connectivity index (χ0v) is 11.5. The minimum Gasteiger partial charge on any atom is -0.497 e. The van der Waals surface area contributed by atoms with Crippen LogP contribution in [-0.4, -0.2) is 17.8 Å². The first-order chi connectivity index (χ1) is 10.0. The van der Waals surface area contributed by atoms with Crippen molar-refractivity contribution < 1.29 is 19.2 Å². The van der Waals surface area contributed by atoms with Gasteiger partial charge in [0.2, 0.25) is 5.75 Å². The third-order valence-corrected chi connectivity index (χ3v) is 2.85. The van der Waals surface area contributed by atoms with Gasteiger partial charge in [0.1, 0.15) is 11.5 Å². The number of nitrogens with zero attached hydrogens (tertiary/aromatic N) is 1. The van der Waals surface area contributed by atoms with Gasteiger partial charge in [0.15, 0.2) is 5.78 Å². The predicted octanol–water partition coefficient (Wildman–Crippen LogP) is 3.60. The second kappa shape index (κ2) is 6.04. The van der Waals surface area contributed by atoms with Gasteiger partial charge in [-0.1, -0.05) is 12.1 Å². The van der Waals surface area contributed by atoms with E-state index in [0.717, 1.165) is 0 Å². The number of carbonyl (C=O) groups excluding carboxylic acids is 1. The van der Waals surface area contributed by atoms with Crippen LogP contribution in [0, 0.1) is 10.1 Å². The summed E-state index contributed by atoms with van der Waals surface area (Å²) in [6.45, 7) is 1.40. The highest BCUT2D eigenvalue weighted by molar-refractivity contribution is 5.96. The molecule has 6 heteroatoms. The highest BCUT2D eigenvalue weighted by Crippen LogP contribution is 2.35. The Morgan fingerprint density at radius 3 is 2.48 bits per heavy atom. The number of para-hydroxylation sites is 1. The fraction of sp³-hybridized carbons (Fsp3) is 0.133. The largest absolute Gasteiger partial charge is 0.497 e. The van der Waals surface area contributed by atoms with Crippen LogP contribution in [0.15, 0.2) is 42.5 Å². The van der Waals surface area contributed by atoms with E-state index in [0.29, 0.717) is 11.3 Å². The number of ether oxygens (including phenoxy) is 2. The van der Waals surface area contributed by atoms with Crippen LogP contribution >= 0.6 is 0 Å². The van der Waals surface area contributed by atoms with Crippen LogP contribution in [0.1, 0.15) is 17.3 Å². The van der Waals surface area contributed by atoms with Crippen LogP contribution in [0.5, 0.6) is 17.2 Å². The Labute approximate surface area is 121 Å². The zero-order valence-electron chi connectivity index (χ0n) is 11.5. The molecule has 6 nitrogen and oxygen atoms in total. The van der Waals surface area contributed by atoms with Gasteiger partial charge in [0, 0.05) is 12.1 Å². The average molecular weight is 287 g/mol. The molecule has 0 saturated carbocycles. The molecular formula is C15H13NO5. The molecule has 0 aliphatic carbocycles. The number of benzene rings is 2. The molecule has 2 rings (SSSR count). The number of ketones is 1. The summed E-state index contributed by atoms with van der Waals surface area (Å²) in [6, 6.07) is 10.8. The summed E-state index contributed by atoms with van der Waals surface area (Å²) in [7, 11) is 1.45. The highest BCUT2D eigenvalue weighted by atomic mass is 16.6. The van der Waals surface area contributed by atoms with Gasteiger partial charge in [-0.15, -0.1) is 0 Å². The Hall–Kier alpha value is -2.89. The van der Waals surface area contributed by atoms with Crippen LogP contribution in [0.25, 0.3) is 0 Å². The summed E-state index contributed by atoms with van der Waals surface area (Å²) >= 11 is 0. The Morgan fingerprint density at radius 2 is 1.86 bits per heavy atom. The SMILES string of the molecule is COc1ccc([N+](=O)[O-])c(Oc2ccccc2C(C)=O)c1. The Kier molecular flexibility index (Phi) is 4.18. The number of nitro groups is 1. The standard InChI is InChI=1S/C15H13NO5/c1-10(17)12-5-3-4-6-14(12)21-15-9-11(20-2)7-8-13(15)16(18)19/h3-9H,1-2H3. The molecule has 0 atom stereocenters. The van der Waals surface area contributed by atoms with Gasteiger partial charge in [-0.25, -0.2) is 0 Å². The summed E-state index contributed by atoms with van der Waals surface area (Å²) in [5, 5.41) is 11.0. The van der Waals surface area contributed by atoms with Crippen molar-refractivity contribution in [1.82, 2.24) is 0 Å². The van der Waals surface area contributed by atoms with E-state index in [1.54, 1.807) is 24.3 Å². The van der Waals surface area contributed by atoms with Crippen molar-refractivity contribution >= 4 is 11.5 Å². The van der Waals surface area contributed by atoms with Gasteiger partial charge in [-0.05, 0) is 25.1 Å². The Bertz CT molecular complexity index is 696. The topological polar surface area (TPSA) is 78.7 Å². The van der Waals surface area contributed by atoms with Gasteiger partial charge in [0.25, 0.3) is 0 Å². The van der Waals surface area contributed by atoms with Crippen molar-refractivity contribution in [3.05, 3.63) is 58.1 Å². The molecule has 0 spiro atoms. The fourth-order valence-electron chi connectivity index (χ4n) is 1.82. The van der Waals surface area contributed by atoms with Crippen LogP contribution in [0.3, 0.4) is 0 Å². The summed E-state index contributed by atoms with van der Waals surface area (Å²) in [6.07, 6.45) is 0. The zero-order chi connectivity index (χ0) is 15.4. The average Bonchev–Trinajstić information content (AvgIpc) is 2.47. The van der Waals surface area contributed by atoms with Gasteiger partial charge in [0.05, 0.1) is 17.6 Å². The molecular weight excluding hydrogens is 274 g/mol. The van der Waals surface area contributed by atoms with E-state index in [9.17, 15) is 14.9 Å². The molecule has 108 valence electrons. The van der Waals surface area contributed by atoms with E-state index >= 15 is 0 Å². The van der Waals surface area contributed by atoms with E-state index in [1.165, 1.54) is 32.2 Å². The lowest BCUT2D eigenvalue weighted by atomic mass is 10.1. The van der Waals surface area contributed by atoms with E-state index in [1.807, 2.05) is 0 Å². The maximum absolute atomic E-state index is 11.6. The summed E-state index contributed by atoms with van der Waals surface area (Å²) in [4.78, 5) is 22.1. The molecule has 0 aliphatic rings. The van der Waals surface area contributed by atoms with Crippen molar-refractivity contribution in [1.29, 1.82) is 0 Å². The molecule has 0 aromatic heterocycles. The quantitative estimate of drug-likeness (QED) is 0.477. The first kappa shape index (κ1) is 14.5. The van der Waals surface area contributed by atoms with Crippen LogP contribution in [-0.2, 0) is 0 Å². The lowest BCUT2D eigenvalue weighted by Gasteiger charge is -2.10. The molecule has 2 aromatic carbocycles. The first-order valence-corrected chi connectivity index (χ1v) is 6.13. The number of hydrogen-bond acceptors (Lipinski definition) is 5. The van der Waals surface area contributed by atoms with Crippen molar-refractivity contribution in [3.63, 3.8) is 0 Å².